The van der Waals surface area contributed by atoms with Crippen LogP contribution in [0.3, 0.4) is 0 Å². The van der Waals surface area contributed by atoms with E-state index in [1.807, 2.05) is 6.92 Å². The van der Waals surface area contributed by atoms with E-state index in [2.05, 4.69) is 10.3 Å². The van der Waals surface area contributed by atoms with E-state index in [4.69, 9.17) is 4.74 Å². The van der Waals surface area contributed by atoms with Gasteiger partial charge in [0.05, 0.1) is 17.9 Å². The predicted molar refractivity (Wildman–Crippen MR) is 74.3 cm³/mol. The molecule has 0 aromatic carbocycles. The lowest BCUT2D eigenvalue weighted by atomic mass is 10.2. The monoisotopic (exact) mass is 281 g/mol. The van der Waals surface area contributed by atoms with E-state index in [0.29, 0.717) is 18.9 Å². The van der Waals surface area contributed by atoms with Crippen LogP contribution in [-0.4, -0.2) is 48.6 Å². The topological polar surface area (TPSA) is 54.5 Å². The Morgan fingerprint density at radius 1 is 1.65 bits per heavy atom. The Labute approximate surface area is 118 Å². The van der Waals surface area contributed by atoms with Crippen molar-refractivity contribution in [1.29, 1.82) is 0 Å². The number of hydrogen-bond donors (Lipinski definition) is 1. The average Bonchev–Trinajstić information content (AvgIpc) is 2.93. The molecule has 1 fully saturated rings. The Bertz CT molecular complexity index is 475. The fourth-order valence-electron chi connectivity index (χ4n) is 2.29. The number of nitrogens with zero attached hydrogens (tertiary/aromatic N) is 2. The van der Waals surface area contributed by atoms with Gasteiger partial charge >= 0.3 is 0 Å². The molecular weight excluding hydrogens is 261 g/mol. The van der Waals surface area contributed by atoms with E-state index in [1.54, 1.807) is 11.9 Å². The lowest BCUT2D eigenvalue weighted by molar-refractivity contribution is 0.0587. The molecule has 1 N–H and O–H groups in total. The molecule has 20 heavy (non-hydrogen) atoms. The smallest absolute Gasteiger partial charge is 0.257 e. The predicted octanol–water partition coefficient (Wildman–Crippen LogP) is 1.90. The van der Waals surface area contributed by atoms with Crippen molar-refractivity contribution in [3.63, 3.8) is 0 Å². The molecule has 0 bridgehead atoms. The van der Waals surface area contributed by atoms with Crippen LogP contribution in [0.5, 0.6) is 0 Å². The number of likely N-dealkylation sites (N-methyl/N-ethyl adjacent to an activating group) is 1. The molecule has 1 saturated heterocycles. The van der Waals surface area contributed by atoms with Gasteiger partial charge in [-0.3, -0.25) is 4.79 Å². The summed E-state index contributed by atoms with van der Waals surface area (Å²) in [4.78, 5) is 17.9. The van der Waals surface area contributed by atoms with Crippen LogP contribution in [0.1, 0.15) is 30.1 Å². The summed E-state index contributed by atoms with van der Waals surface area (Å²) in [6.07, 6.45) is 3.16. The van der Waals surface area contributed by atoms with E-state index >= 15 is 0 Å². The van der Waals surface area contributed by atoms with Crippen molar-refractivity contribution in [2.75, 3.05) is 32.1 Å². The second-order valence-corrected chi connectivity index (χ2v) is 4.90. The third-order valence-electron chi connectivity index (χ3n) is 3.28. The number of hydrogen-bond acceptors (Lipinski definition) is 4. The summed E-state index contributed by atoms with van der Waals surface area (Å²) < 4.78 is 18.8. The zero-order valence-electron chi connectivity index (χ0n) is 11.9. The summed E-state index contributed by atoms with van der Waals surface area (Å²) >= 11 is 0. The molecule has 1 amide bonds. The SMILES string of the molecule is CCNc1ncc(F)cc1C(=O)N(C)CC1CCCO1. The Morgan fingerprint density at radius 2 is 2.45 bits per heavy atom. The molecule has 1 unspecified atom stereocenters. The number of aromatic nitrogens is 1. The lowest BCUT2D eigenvalue weighted by Crippen LogP contribution is -2.34. The van der Waals surface area contributed by atoms with E-state index in [0.717, 1.165) is 25.6 Å². The normalized spacial score (nSPS) is 18.1. The summed E-state index contributed by atoms with van der Waals surface area (Å²) in [6, 6.07) is 1.22. The Kier molecular flexibility index (Phi) is 4.89. The number of pyridine rings is 1. The maximum absolute atomic E-state index is 13.3. The van der Waals surface area contributed by atoms with Gasteiger partial charge in [-0.25, -0.2) is 9.37 Å². The molecule has 0 radical (unpaired) electrons. The van der Waals surface area contributed by atoms with Gasteiger partial charge in [0.2, 0.25) is 0 Å². The van der Waals surface area contributed by atoms with Gasteiger partial charge in [-0.2, -0.15) is 0 Å². The quantitative estimate of drug-likeness (QED) is 0.895. The molecule has 0 spiro atoms. The van der Waals surface area contributed by atoms with Gasteiger partial charge in [0.25, 0.3) is 5.91 Å². The van der Waals surface area contributed by atoms with Crippen LogP contribution in [0.4, 0.5) is 10.2 Å². The highest BCUT2D eigenvalue weighted by Gasteiger charge is 2.23. The molecule has 110 valence electrons. The van der Waals surface area contributed by atoms with Crippen molar-refractivity contribution in [3.8, 4) is 0 Å². The summed E-state index contributed by atoms with van der Waals surface area (Å²) in [5.74, 6) is -0.345. The van der Waals surface area contributed by atoms with Gasteiger partial charge in [-0.15, -0.1) is 0 Å². The van der Waals surface area contributed by atoms with E-state index in [9.17, 15) is 9.18 Å². The highest BCUT2D eigenvalue weighted by Crippen LogP contribution is 2.18. The molecular formula is C14H20FN3O2. The Balaban J connectivity index is 2.11. The summed E-state index contributed by atoms with van der Waals surface area (Å²) in [5.41, 5.74) is 0.257. The second kappa shape index (κ2) is 6.65. The largest absolute Gasteiger partial charge is 0.376 e. The summed E-state index contributed by atoms with van der Waals surface area (Å²) in [6.45, 7) is 3.78. The minimum absolute atomic E-state index is 0.0769. The van der Waals surface area contributed by atoms with Gasteiger partial charge in [0, 0.05) is 26.7 Å². The summed E-state index contributed by atoms with van der Waals surface area (Å²) in [5, 5.41) is 2.98. The fraction of sp³-hybridized carbons (Fsp3) is 0.571. The number of carbonyl (C=O) groups is 1. The number of anilines is 1. The van der Waals surface area contributed by atoms with Crippen molar-refractivity contribution in [2.45, 2.75) is 25.9 Å². The van der Waals surface area contributed by atoms with Gasteiger partial charge in [-0.1, -0.05) is 0 Å². The maximum Gasteiger partial charge on any atom is 0.257 e. The first-order valence-electron chi connectivity index (χ1n) is 6.88. The molecule has 1 aliphatic heterocycles. The minimum atomic E-state index is -0.513. The number of nitrogens with one attached hydrogen (secondary N) is 1. The molecule has 2 heterocycles. The lowest BCUT2D eigenvalue weighted by Gasteiger charge is -2.21. The Morgan fingerprint density at radius 3 is 3.10 bits per heavy atom. The highest BCUT2D eigenvalue weighted by atomic mass is 19.1. The zero-order valence-corrected chi connectivity index (χ0v) is 11.9. The third kappa shape index (κ3) is 3.45. The molecule has 1 aromatic heterocycles. The van der Waals surface area contributed by atoms with Crippen molar-refractivity contribution >= 4 is 11.7 Å². The molecule has 1 aromatic rings. The molecule has 6 heteroatoms. The highest BCUT2D eigenvalue weighted by molar-refractivity contribution is 5.98. The van der Waals surface area contributed by atoms with Crippen LogP contribution in [-0.2, 0) is 4.74 Å². The van der Waals surface area contributed by atoms with Crippen molar-refractivity contribution < 1.29 is 13.9 Å². The van der Waals surface area contributed by atoms with Crippen molar-refractivity contribution in [3.05, 3.63) is 23.6 Å². The van der Waals surface area contributed by atoms with Crippen LogP contribution in [0, 0.1) is 5.82 Å². The van der Waals surface area contributed by atoms with Crippen molar-refractivity contribution in [1.82, 2.24) is 9.88 Å². The molecule has 2 rings (SSSR count). The van der Waals surface area contributed by atoms with Gasteiger partial charge < -0.3 is 15.0 Å². The second-order valence-electron chi connectivity index (χ2n) is 4.90. The summed E-state index contributed by atoms with van der Waals surface area (Å²) in [7, 11) is 1.70. The molecule has 0 saturated carbocycles. The fourth-order valence-corrected chi connectivity index (χ4v) is 2.29. The number of amides is 1. The first kappa shape index (κ1) is 14.7. The van der Waals surface area contributed by atoms with Gasteiger partial charge in [0.15, 0.2) is 0 Å². The standard InChI is InChI=1S/C14H20FN3O2/c1-3-16-13-12(7-10(15)8-17-13)14(19)18(2)9-11-5-4-6-20-11/h7-8,11H,3-6,9H2,1-2H3,(H,16,17). The molecule has 0 aliphatic carbocycles. The van der Waals surface area contributed by atoms with Gasteiger partial charge in [0.1, 0.15) is 11.6 Å². The molecule has 1 aliphatic rings. The van der Waals surface area contributed by atoms with Crippen LogP contribution < -0.4 is 5.32 Å². The Hall–Kier alpha value is -1.69. The first-order chi connectivity index (χ1) is 9.61. The third-order valence-corrected chi connectivity index (χ3v) is 3.28. The number of carbonyl (C=O) groups excluding carboxylic acids is 1. The number of rotatable bonds is 5. The first-order valence-corrected chi connectivity index (χ1v) is 6.88. The molecule has 1 atom stereocenters. The minimum Gasteiger partial charge on any atom is -0.376 e. The van der Waals surface area contributed by atoms with Crippen LogP contribution >= 0.6 is 0 Å². The van der Waals surface area contributed by atoms with E-state index in [-0.39, 0.29) is 17.6 Å². The van der Waals surface area contributed by atoms with E-state index < -0.39 is 5.82 Å². The number of ether oxygens (including phenoxy) is 1. The van der Waals surface area contributed by atoms with E-state index in [1.165, 1.54) is 6.07 Å². The zero-order chi connectivity index (χ0) is 14.5. The van der Waals surface area contributed by atoms with Crippen LogP contribution in [0.2, 0.25) is 0 Å². The van der Waals surface area contributed by atoms with Crippen LogP contribution in [0.15, 0.2) is 12.3 Å². The average molecular weight is 281 g/mol. The maximum atomic E-state index is 13.3. The number of halogens is 1. The van der Waals surface area contributed by atoms with Crippen LogP contribution in [0.25, 0.3) is 0 Å². The molecule has 5 nitrogen and oxygen atoms in total. The van der Waals surface area contributed by atoms with Crippen molar-refractivity contribution in [2.24, 2.45) is 0 Å². The van der Waals surface area contributed by atoms with Gasteiger partial charge in [-0.05, 0) is 25.8 Å².